The van der Waals surface area contributed by atoms with Gasteiger partial charge in [-0.3, -0.25) is 0 Å². The molecule has 0 bridgehead atoms. The van der Waals surface area contributed by atoms with Crippen LogP contribution < -0.4 is 5.32 Å². The molecule has 0 aromatic heterocycles. The van der Waals surface area contributed by atoms with Crippen LogP contribution in [0.3, 0.4) is 0 Å². The van der Waals surface area contributed by atoms with Gasteiger partial charge in [0.2, 0.25) is 0 Å². The fourth-order valence-corrected chi connectivity index (χ4v) is 2.83. The highest BCUT2D eigenvalue weighted by Gasteiger charge is 2.22. The molecule has 0 amide bonds. The Morgan fingerprint density at radius 1 is 0.667 bits per heavy atom. The molecule has 0 radical (unpaired) electrons. The van der Waals surface area contributed by atoms with Gasteiger partial charge in [-0.05, 0) is 30.4 Å². The summed E-state index contributed by atoms with van der Waals surface area (Å²) in [6, 6.07) is 22.6. The first-order valence-electron chi connectivity index (χ1n) is 6.79. The molecule has 2 aromatic carbocycles. The molecule has 0 saturated carbocycles. The molecule has 2 aromatic rings. The summed E-state index contributed by atoms with van der Waals surface area (Å²) in [5.41, 5.74) is 2.83. The third kappa shape index (κ3) is 2.46. The molecule has 1 aliphatic heterocycles. The molecule has 0 spiro atoms. The second kappa shape index (κ2) is 5.36. The molecule has 1 nitrogen and oxygen atoms in total. The monoisotopic (exact) mass is 237 g/mol. The molecule has 92 valence electrons. The Morgan fingerprint density at radius 2 is 1.11 bits per heavy atom. The highest BCUT2D eigenvalue weighted by atomic mass is 15.0. The zero-order chi connectivity index (χ0) is 12.2. The van der Waals surface area contributed by atoms with Crippen molar-refractivity contribution in [2.75, 3.05) is 0 Å². The highest BCUT2D eigenvalue weighted by Crippen LogP contribution is 2.32. The number of nitrogens with one attached hydrogen (secondary N) is 1. The summed E-state index contributed by atoms with van der Waals surface area (Å²) < 4.78 is 0. The number of hydrogen-bond acceptors (Lipinski definition) is 1. The Morgan fingerprint density at radius 3 is 1.56 bits per heavy atom. The largest absolute Gasteiger partial charge is 0.303 e. The molecule has 1 aliphatic rings. The maximum Gasteiger partial charge on any atom is 0.0325 e. The van der Waals surface area contributed by atoms with Crippen LogP contribution in [0.15, 0.2) is 60.7 Å². The summed E-state index contributed by atoms with van der Waals surface area (Å²) in [6.45, 7) is 0. The van der Waals surface area contributed by atoms with Crippen LogP contribution >= 0.6 is 0 Å². The van der Waals surface area contributed by atoms with E-state index in [4.69, 9.17) is 0 Å². The minimum atomic E-state index is 0.505. The van der Waals surface area contributed by atoms with Gasteiger partial charge in [-0.15, -0.1) is 0 Å². The van der Waals surface area contributed by atoms with Crippen LogP contribution in [0, 0.1) is 0 Å². The Labute approximate surface area is 109 Å². The van der Waals surface area contributed by atoms with Gasteiger partial charge < -0.3 is 5.32 Å². The van der Waals surface area contributed by atoms with E-state index in [9.17, 15) is 0 Å². The van der Waals surface area contributed by atoms with Crippen molar-refractivity contribution in [1.29, 1.82) is 0 Å². The summed E-state index contributed by atoms with van der Waals surface area (Å²) in [4.78, 5) is 0. The first-order valence-corrected chi connectivity index (χ1v) is 6.79. The second-order valence-electron chi connectivity index (χ2n) is 5.02. The lowest BCUT2D eigenvalue weighted by Gasteiger charge is -2.31. The maximum atomic E-state index is 3.79. The van der Waals surface area contributed by atoms with Crippen molar-refractivity contribution in [2.45, 2.75) is 31.3 Å². The molecule has 3 rings (SSSR count). The first kappa shape index (κ1) is 11.5. The third-order valence-electron chi connectivity index (χ3n) is 3.79. The average molecular weight is 237 g/mol. The Kier molecular flexibility index (Phi) is 3.42. The van der Waals surface area contributed by atoms with E-state index in [1.165, 1.54) is 30.4 Å². The van der Waals surface area contributed by atoms with E-state index >= 15 is 0 Å². The van der Waals surface area contributed by atoms with Gasteiger partial charge in [-0.1, -0.05) is 60.7 Å². The van der Waals surface area contributed by atoms with Gasteiger partial charge in [0, 0.05) is 12.1 Å². The van der Waals surface area contributed by atoms with Crippen molar-refractivity contribution < 1.29 is 0 Å². The minimum Gasteiger partial charge on any atom is -0.303 e. The van der Waals surface area contributed by atoms with E-state index in [2.05, 4.69) is 66.0 Å². The fraction of sp³-hybridized carbons (Fsp3) is 0.294. The van der Waals surface area contributed by atoms with Crippen LogP contribution in [0.1, 0.15) is 42.5 Å². The predicted molar refractivity (Wildman–Crippen MR) is 75.4 cm³/mol. The van der Waals surface area contributed by atoms with Gasteiger partial charge in [-0.25, -0.2) is 0 Å². The first-order chi connectivity index (χ1) is 8.93. The maximum absolute atomic E-state index is 3.79. The van der Waals surface area contributed by atoms with Crippen LogP contribution in [0.25, 0.3) is 0 Å². The molecule has 2 atom stereocenters. The lowest BCUT2D eigenvalue weighted by atomic mass is 9.90. The quantitative estimate of drug-likeness (QED) is 0.823. The fourth-order valence-electron chi connectivity index (χ4n) is 2.83. The molecule has 2 unspecified atom stereocenters. The van der Waals surface area contributed by atoms with Crippen LogP contribution in [0.4, 0.5) is 0 Å². The normalized spacial score (nSPS) is 23.8. The number of benzene rings is 2. The van der Waals surface area contributed by atoms with E-state index in [0.717, 1.165) is 0 Å². The smallest absolute Gasteiger partial charge is 0.0325 e. The summed E-state index contributed by atoms with van der Waals surface area (Å²) in [7, 11) is 0. The number of piperidine rings is 1. The lowest BCUT2D eigenvalue weighted by Crippen LogP contribution is -2.30. The minimum absolute atomic E-state index is 0.505. The van der Waals surface area contributed by atoms with Crippen molar-refractivity contribution in [3.05, 3.63) is 71.8 Å². The molecule has 1 N–H and O–H groups in total. The summed E-state index contributed by atoms with van der Waals surface area (Å²) >= 11 is 0. The Balaban J connectivity index is 1.77. The van der Waals surface area contributed by atoms with Crippen LogP contribution in [-0.4, -0.2) is 0 Å². The van der Waals surface area contributed by atoms with Crippen molar-refractivity contribution in [3.8, 4) is 0 Å². The highest BCUT2D eigenvalue weighted by molar-refractivity contribution is 5.23. The lowest BCUT2D eigenvalue weighted by molar-refractivity contribution is 0.330. The van der Waals surface area contributed by atoms with Crippen LogP contribution in [0.2, 0.25) is 0 Å². The Bertz CT molecular complexity index is 432. The summed E-state index contributed by atoms with van der Waals surface area (Å²) in [5, 5.41) is 3.79. The van der Waals surface area contributed by atoms with Crippen molar-refractivity contribution in [2.24, 2.45) is 0 Å². The van der Waals surface area contributed by atoms with Crippen molar-refractivity contribution in [1.82, 2.24) is 5.32 Å². The molecular formula is C17H19N. The van der Waals surface area contributed by atoms with E-state index in [0.29, 0.717) is 12.1 Å². The molecule has 0 aliphatic carbocycles. The molecule has 1 fully saturated rings. The summed E-state index contributed by atoms with van der Waals surface area (Å²) in [6.07, 6.45) is 3.78. The van der Waals surface area contributed by atoms with Crippen molar-refractivity contribution >= 4 is 0 Å². The van der Waals surface area contributed by atoms with E-state index in [1.54, 1.807) is 0 Å². The second-order valence-corrected chi connectivity index (χ2v) is 5.02. The zero-order valence-electron chi connectivity index (χ0n) is 10.5. The average Bonchev–Trinajstić information content (AvgIpc) is 2.49. The van der Waals surface area contributed by atoms with Gasteiger partial charge in [0.25, 0.3) is 0 Å². The van der Waals surface area contributed by atoms with Gasteiger partial charge in [0.15, 0.2) is 0 Å². The van der Waals surface area contributed by atoms with Crippen LogP contribution in [0.5, 0.6) is 0 Å². The van der Waals surface area contributed by atoms with Gasteiger partial charge in [0.1, 0.15) is 0 Å². The molecule has 18 heavy (non-hydrogen) atoms. The Hall–Kier alpha value is -1.60. The molecule has 1 saturated heterocycles. The van der Waals surface area contributed by atoms with Gasteiger partial charge in [0.05, 0.1) is 0 Å². The van der Waals surface area contributed by atoms with Gasteiger partial charge >= 0.3 is 0 Å². The van der Waals surface area contributed by atoms with E-state index < -0.39 is 0 Å². The third-order valence-corrected chi connectivity index (χ3v) is 3.79. The summed E-state index contributed by atoms with van der Waals surface area (Å²) in [5.74, 6) is 0. The number of rotatable bonds is 2. The van der Waals surface area contributed by atoms with E-state index in [1.807, 2.05) is 0 Å². The predicted octanol–water partition coefficient (Wildman–Crippen LogP) is 4.24. The molecule has 1 heteroatoms. The zero-order valence-corrected chi connectivity index (χ0v) is 10.5. The SMILES string of the molecule is c1ccc(C2CCCC(c3ccccc3)N2)cc1. The standard InChI is InChI=1S/C17H19N/c1-3-8-14(9-4-1)16-12-7-13-17(18-16)15-10-5-2-6-11-15/h1-6,8-11,16-18H,7,12-13H2. The molecular weight excluding hydrogens is 218 g/mol. The van der Waals surface area contributed by atoms with Crippen molar-refractivity contribution in [3.63, 3.8) is 0 Å². The van der Waals surface area contributed by atoms with Gasteiger partial charge in [-0.2, -0.15) is 0 Å². The molecule has 1 heterocycles. The number of hydrogen-bond donors (Lipinski definition) is 1. The van der Waals surface area contributed by atoms with Crippen LogP contribution in [-0.2, 0) is 0 Å². The van der Waals surface area contributed by atoms with E-state index in [-0.39, 0.29) is 0 Å². The topological polar surface area (TPSA) is 12.0 Å².